The van der Waals surface area contributed by atoms with Gasteiger partial charge in [0.1, 0.15) is 0 Å². The molecule has 0 saturated heterocycles. The van der Waals surface area contributed by atoms with Gasteiger partial charge in [-0.2, -0.15) is 0 Å². The highest BCUT2D eigenvalue weighted by molar-refractivity contribution is 6.06. The van der Waals surface area contributed by atoms with Gasteiger partial charge in [-0.15, -0.1) is 0 Å². The zero-order valence-electron chi connectivity index (χ0n) is 16.2. The van der Waals surface area contributed by atoms with Crippen LogP contribution in [0.4, 0.5) is 5.69 Å². The Labute approximate surface area is 165 Å². The zero-order chi connectivity index (χ0) is 19.9. The summed E-state index contributed by atoms with van der Waals surface area (Å²) < 4.78 is 0. The van der Waals surface area contributed by atoms with Crippen molar-refractivity contribution in [3.63, 3.8) is 0 Å². The molecule has 0 aliphatic rings. The number of amides is 2. The van der Waals surface area contributed by atoms with Gasteiger partial charge in [0.25, 0.3) is 11.8 Å². The molecule has 3 aromatic carbocycles. The largest absolute Gasteiger partial charge is 0.337 e. The van der Waals surface area contributed by atoms with Crippen molar-refractivity contribution in [3.05, 3.63) is 101 Å². The lowest BCUT2D eigenvalue weighted by Crippen LogP contribution is -2.26. The molecule has 0 atom stereocenters. The molecule has 4 nitrogen and oxygen atoms in total. The maximum atomic E-state index is 12.8. The van der Waals surface area contributed by atoms with Gasteiger partial charge in [-0.1, -0.05) is 61.5 Å². The number of anilines is 1. The monoisotopic (exact) mass is 372 g/mol. The molecule has 0 radical (unpaired) electrons. The summed E-state index contributed by atoms with van der Waals surface area (Å²) >= 11 is 0. The number of carbonyl (C=O) groups excluding carboxylic acids is 2. The first-order valence-electron chi connectivity index (χ1n) is 9.37. The standard InChI is InChI=1S/C24H24N2O2/c1-3-19-12-7-8-15-22(19)25-23(27)20-13-9-14-21(16-20)24(28)26(2)17-18-10-5-4-6-11-18/h4-16H,3,17H2,1-2H3,(H,25,27). The molecule has 0 saturated carbocycles. The molecule has 0 aromatic heterocycles. The molecule has 142 valence electrons. The van der Waals surface area contributed by atoms with E-state index in [0.717, 1.165) is 23.2 Å². The number of para-hydroxylation sites is 1. The maximum absolute atomic E-state index is 12.8. The smallest absolute Gasteiger partial charge is 0.255 e. The van der Waals surface area contributed by atoms with Crippen LogP contribution in [0.1, 0.15) is 38.8 Å². The van der Waals surface area contributed by atoms with Gasteiger partial charge < -0.3 is 10.2 Å². The normalized spacial score (nSPS) is 10.4. The van der Waals surface area contributed by atoms with E-state index in [1.807, 2.05) is 61.5 Å². The Balaban J connectivity index is 1.74. The number of carbonyl (C=O) groups is 2. The topological polar surface area (TPSA) is 49.4 Å². The van der Waals surface area contributed by atoms with Gasteiger partial charge in [0.05, 0.1) is 0 Å². The Hall–Kier alpha value is -3.40. The fourth-order valence-corrected chi connectivity index (χ4v) is 3.09. The third kappa shape index (κ3) is 4.65. The Morgan fingerprint density at radius 1 is 0.857 bits per heavy atom. The molecule has 0 unspecified atom stereocenters. The van der Waals surface area contributed by atoms with E-state index in [4.69, 9.17) is 0 Å². The highest BCUT2D eigenvalue weighted by Crippen LogP contribution is 2.17. The lowest BCUT2D eigenvalue weighted by molar-refractivity contribution is 0.0785. The van der Waals surface area contributed by atoms with E-state index in [9.17, 15) is 9.59 Å². The molecule has 0 heterocycles. The van der Waals surface area contributed by atoms with E-state index in [1.54, 1.807) is 36.2 Å². The van der Waals surface area contributed by atoms with E-state index >= 15 is 0 Å². The molecule has 3 aromatic rings. The maximum Gasteiger partial charge on any atom is 0.255 e. The second-order valence-corrected chi connectivity index (χ2v) is 6.69. The van der Waals surface area contributed by atoms with Crippen LogP contribution in [0, 0.1) is 0 Å². The Morgan fingerprint density at radius 3 is 2.29 bits per heavy atom. The quantitative estimate of drug-likeness (QED) is 0.677. The lowest BCUT2D eigenvalue weighted by atomic mass is 10.1. The molecule has 3 rings (SSSR count). The van der Waals surface area contributed by atoms with Crippen LogP contribution in [0.2, 0.25) is 0 Å². The number of nitrogens with zero attached hydrogens (tertiary/aromatic N) is 1. The molecule has 2 amide bonds. The van der Waals surface area contributed by atoms with Crippen molar-refractivity contribution in [2.45, 2.75) is 19.9 Å². The molecule has 4 heteroatoms. The van der Waals surface area contributed by atoms with Crippen molar-refractivity contribution in [2.75, 3.05) is 12.4 Å². The summed E-state index contributed by atoms with van der Waals surface area (Å²) in [6, 6.07) is 24.4. The molecule has 0 aliphatic heterocycles. The van der Waals surface area contributed by atoms with Crippen molar-refractivity contribution in [1.82, 2.24) is 4.90 Å². The molecule has 0 fully saturated rings. The average molecular weight is 372 g/mol. The zero-order valence-corrected chi connectivity index (χ0v) is 16.2. The van der Waals surface area contributed by atoms with Crippen molar-refractivity contribution in [1.29, 1.82) is 0 Å². The van der Waals surface area contributed by atoms with Gasteiger partial charge in [0.15, 0.2) is 0 Å². The van der Waals surface area contributed by atoms with Crippen LogP contribution in [-0.4, -0.2) is 23.8 Å². The number of nitrogens with one attached hydrogen (secondary N) is 1. The van der Waals surface area contributed by atoms with Gasteiger partial charge in [-0.3, -0.25) is 9.59 Å². The second-order valence-electron chi connectivity index (χ2n) is 6.69. The van der Waals surface area contributed by atoms with E-state index in [-0.39, 0.29) is 11.8 Å². The van der Waals surface area contributed by atoms with Crippen LogP contribution in [0.3, 0.4) is 0 Å². The number of rotatable bonds is 6. The van der Waals surface area contributed by atoms with E-state index in [2.05, 4.69) is 5.32 Å². The van der Waals surface area contributed by atoms with E-state index < -0.39 is 0 Å². The number of aryl methyl sites for hydroxylation is 1. The summed E-state index contributed by atoms with van der Waals surface area (Å²) in [5, 5.41) is 2.95. The SMILES string of the molecule is CCc1ccccc1NC(=O)c1cccc(C(=O)N(C)Cc2ccccc2)c1. The first kappa shape index (κ1) is 19.4. The summed E-state index contributed by atoms with van der Waals surface area (Å²) in [6.07, 6.45) is 0.833. The molecule has 1 N–H and O–H groups in total. The van der Waals surface area contributed by atoms with Crippen LogP contribution >= 0.6 is 0 Å². The predicted molar refractivity (Wildman–Crippen MR) is 112 cm³/mol. The first-order chi connectivity index (χ1) is 13.6. The van der Waals surface area contributed by atoms with Crippen LogP contribution in [-0.2, 0) is 13.0 Å². The van der Waals surface area contributed by atoms with Gasteiger partial charge in [-0.05, 0) is 41.8 Å². The van der Waals surface area contributed by atoms with Gasteiger partial charge in [0.2, 0.25) is 0 Å². The molecular weight excluding hydrogens is 348 g/mol. The van der Waals surface area contributed by atoms with Crippen LogP contribution < -0.4 is 5.32 Å². The molecular formula is C24H24N2O2. The lowest BCUT2D eigenvalue weighted by Gasteiger charge is -2.18. The Morgan fingerprint density at radius 2 is 1.54 bits per heavy atom. The third-order valence-corrected chi connectivity index (χ3v) is 4.63. The summed E-state index contributed by atoms with van der Waals surface area (Å²) in [7, 11) is 1.76. The third-order valence-electron chi connectivity index (χ3n) is 4.63. The fourth-order valence-electron chi connectivity index (χ4n) is 3.09. The summed E-state index contributed by atoms with van der Waals surface area (Å²) in [6.45, 7) is 2.56. The number of benzene rings is 3. The summed E-state index contributed by atoms with van der Waals surface area (Å²) in [5.74, 6) is -0.339. The Bertz CT molecular complexity index is 967. The minimum Gasteiger partial charge on any atom is -0.337 e. The van der Waals surface area contributed by atoms with Crippen molar-refractivity contribution >= 4 is 17.5 Å². The Kier molecular flexibility index (Phi) is 6.22. The average Bonchev–Trinajstić information content (AvgIpc) is 2.74. The van der Waals surface area contributed by atoms with Gasteiger partial charge in [0, 0.05) is 30.4 Å². The fraction of sp³-hybridized carbons (Fsp3) is 0.167. The van der Waals surface area contributed by atoms with Crippen LogP contribution in [0.15, 0.2) is 78.9 Å². The van der Waals surface area contributed by atoms with Gasteiger partial charge in [-0.25, -0.2) is 0 Å². The highest BCUT2D eigenvalue weighted by Gasteiger charge is 2.15. The minimum atomic E-state index is -0.221. The van der Waals surface area contributed by atoms with Crippen molar-refractivity contribution < 1.29 is 9.59 Å². The minimum absolute atomic E-state index is 0.118. The number of hydrogen-bond donors (Lipinski definition) is 1. The van der Waals surface area contributed by atoms with Crippen LogP contribution in [0.5, 0.6) is 0 Å². The molecule has 0 bridgehead atoms. The van der Waals surface area contributed by atoms with Gasteiger partial charge >= 0.3 is 0 Å². The summed E-state index contributed by atoms with van der Waals surface area (Å²) in [4.78, 5) is 27.1. The first-order valence-corrected chi connectivity index (χ1v) is 9.37. The molecule has 28 heavy (non-hydrogen) atoms. The van der Waals surface area contributed by atoms with Crippen LogP contribution in [0.25, 0.3) is 0 Å². The van der Waals surface area contributed by atoms with E-state index in [0.29, 0.717) is 17.7 Å². The number of hydrogen-bond acceptors (Lipinski definition) is 2. The molecule has 0 aliphatic carbocycles. The second kappa shape index (κ2) is 9.00. The highest BCUT2D eigenvalue weighted by atomic mass is 16.2. The molecule has 0 spiro atoms. The van der Waals surface area contributed by atoms with Crippen molar-refractivity contribution in [3.8, 4) is 0 Å². The summed E-state index contributed by atoms with van der Waals surface area (Å²) in [5.41, 5.74) is 3.89. The van der Waals surface area contributed by atoms with Crippen molar-refractivity contribution in [2.24, 2.45) is 0 Å². The van der Waals surface area contributed by atoms with E-state index in [1.165, 1.54) is 0 Å². The predicted octanol–water partition coefficient (Wildman–Crippen LogP) is 4.77.